The first-order valence-corrected chi connectivity index (χ1v) is 4.49. The fraction of sp³-hybridized carbons (Fsp3) is 0.143. The Morgan fingerprint density at radius 2 is 1.93 bits per heavy atom. The molecule has 1 N–H and O–H groups in total. The Bertz CT molecular complexity index is 487. The fourth-order valence-corrected chi connectivity index (χ4v) is 1.41. The Labute approximate surface area is 89.5 Å². The van der Waals surface area contributed by atoms with E-state index in [4.69, 9.17) is 23.2 Å². The summed E-state index contributed by atoms with van der Waals surface area (Å²) in [7, 11) is 1.72. The van der Waals surface area contributed by atoms with Gasteiger partial charge >= 0.3 is 0 Å². The molecule has 0 aromatic carbocycles. The van der Waals surface area contributed by atoms with Crippen LogP contribution < -0.4 is 5.32 Å². The molecule has 14 heavy (non-hydrogen) atoms. The maximum absolute atomic E-state index is 5.83. The summed E-state index contributed by atoms with van der Waals surface area (Å²) in [5, 5.41) is 3.22. The number of anilines is 1. The lowest BCUT2D eigenvalue weighted by molar-refractivity contribution is 1.14. The van der Waals surface area contributed by atoms with Gasteiger partial charge in [-0.1, -0.05) is 11.6 Å². The van der Waals surface area contributed by atoms with Crippen molar-refractivity contribution < 1.29 is 0 Å². The van der Waals surface area contributed by atoms with Crippen molar-refractivity contribution in [1.82, 2.24) is 19.9 Å². The molecule has 0 radical (unpaired) electrons. The standard InChI is InChI=1S/C7H5Cl2N5/c1-10-6-4-3(13-7(9)14-6)5(8)12-2-11-4/h2H,1H3,(H,10,13,14). The molecule has 2 rings (SSSR count). The van der Waals surface area contributed by atoms with Gasteiger partial charge in [-0.15, -0.1) is 0 Å². The highest BCUT2D eigenvalue weighted by Crippen LogP contribution is 2.23. The second-order valence-corrected chi connectivity index (χ2v) is 3.15. The van der Waals surface area contributed by atoms with E-state index in [2.05, 4.69) is 25.3 Å². The predicted molar refractivity (Wildman–Crippen MR) is 54.7 cm³/mol. The SMILES string of the molecule is CNc1nc(Cl)nc2c(Cl)ncnc12. The minimum atomic E-state index is 0.110. The quantitative estimate of drug-likeness (QED) is 0.597. The zero-order chi connectivity index (χ0) is 10.1. The van der Waals surface area contributed by atoms with E-state index in [0.717, 1.165) is 0 Å². The molecular formula is C7H5Cl2N5. The van der Waals surface area contributed by atoms with Crippen LogP contribution in [0.25, 0.3) is 11.0 Å². The average molecular weight is 230 g/mol. The summed E-state index contributed by atoms with van der Waals surface area (Å²) in [5.41, 5.74) is 0.996. The molecule has 0 aliphatic carbocycles. The summed E-state index contributed by atoms with van der Waals surface area (Å²) in [6.45, 7) is 0. The smallest absolute Gasteiger partial charge is 0.225 e. The molecular weight excluding hydrogens is 225 g/mol. The summed E-state index contributed by atoms with van der Waals surface area (Å²) >= 11 is 11.5. The van der Waals surface area contributed by atoms with Gasteiger partial charge in [0, 0.05) is 7.05 Å². The highest BCUT2D eigenvalue weighted by molar-refractivity contribution is 6.34. The van der Waals surface area contributed by atoms with E-state index < -0.39 is 0 Å². The van der Waals surface area contributed by atoms with Crippen molar-refractivity contribution in [3.63, 3.8) is 0 Å². The molecule has 2 aromatic rings. The van der Waals surface area contributed by atoms with Crippen molar-refractivity contribution in [3.05, 3.63) is 16.8 Å². The van der Waals surface area contributed by atoms with Crippen LogP contribution in [0.1, 0.15) is 0 Å². The van der Waals surface area contributed by atoms with Crippen LogP contribution in [0.4, 0.5) is 5.82 Å². The first kappa shape index (κ1) is 9.36. The Morgan fingerprint density at radius 1 is 1.14 bits per heavy atom. The molecule has 0 aliphatic heterocycles. The second-order valence-electron chi connectivity index (χ2n) is 2.45. The van der Waals surface area contributed by atoms with Gasteiger partial charge in [0.25, 0.3) is 0 Å². The monoisotopic (exact) mass is 229 g/mol. The molecule has 0 saturated heterocycles. The maximum atomic E-state index is 5.83. The average Bonchev–Trinajstić information content (AvgIpc) is 2.18. The molecule has 0 amide bonds. The molecule has 72 valence electrons. The number of halogens is 2. The van der Waals surface area contributed by atoms with Crippen LogP contribution in [0.3, 0.4) is 0 Å². The molecule has 0 unspecified atom stereocenters. The lowest BCUT2D eigenvalue weighted by Gasteiger charge is -2.03. The summed E-state index contributed by atoms with van der Waals surface area (Å²) in [6.07, 6.45) is 1.35. The van der Waals surface area contributed by atoms with E-state index in [9.17, 15) is 0 Å². The number of fused-ring (bicyclic) bond motifs is 1. The number of hydrogen-bond donors (Lipinski definition) is 1. The van der Waals surface area contributed by atoms with E-state index in [0.29, 0.717) is 16.9 Å². The molecule has 7 heteroatoms. The minimum absolute atomic E-state index is 0.110. The summed E-state index contributed by atoms with van der Waals surface area (Å²) in [6, 6.07) is 0. The van der Waals surface area contributed by atoms with Gasteiger partial charge < -0.3 is 5.32 Å². The van der Waals surface area contributed by atoms with E-state index in [1.165, 1.54) is 6.33 Å². The fourth-order valence-electron chi connectivity index (χ4n) is 1.07. The maximum Gasteiger partial charge on any atom is 0.225 e. The first-order chi connectivity index (χ1) is 6.72. The van der Waals surface area contributed by atoms with Gasteiger partial charge in [0.15, 0.2) is 11.0 Å². The van der Waals surface area contributed by atoms with Gasteiger partial charge in [0.1, 0.15) is 17.4 Å². The Balaban J connectivity index is 2.87. The number of hydrogen-bond acceptors (Lipinski definition) is 5. The lowest BCUT2D eigenvalue weighted by Crippen LogP contribution is -1.99. The van der Waals surface area contributed by atoms with Crippen molar-refractivity contribution in [1.29, 1.82) is 0 Å². The van der Waals surface area contributed by atoms with Crippen LogP contribution in [0.5, 0.6) is 0 Å². The third-order valence-electron chi connectivity index (χ3n) is 1.65. The van der Waals surface area contributed by atoms with Gasteiger partial charge in [0.2, 0.25) is 5.28 Å². The van der Waals surface area contributed by atoms with E-state index in [-0.39, 0.29) is 10.4 Å². The Kier molecular flexibility index (Phi) is 2.35. The molecule has 0 spiro atoms. The van der Waals surface area contributed by atoms with E-state index in [1.807, 2.05) is 0 Å². The van der Waals surface area contributed by atoms with Gasteiger partial charge in [-0.25, -0.2) is 15.0 Å². The van der Waals surface area contributed by atoms with E-state index in [1.54, 1.807) is 7.05 Å². The van der Waals surface area contributed by atoms with Gasteiger partial charge in [-0.2, -0.15) is 4.98 Å². The van der Waals surface area contributed by atoms with E-state index >= 15 is 0 Å². The van der Waals surface area contributed by atoms with Crippen molar-refractivity contribution >= 4 is 40.1 Å². The summed E-state index contributed by atoms with van der Waals surface area (Å²) < 4.78 is 0. The zero-order valence-electron chi connectivity index (χ0n) is 7.12. The molecule has 0 atom stereocenters. The van der Waals surface area contributed by atoms with Crippen LogP contribution >= 0.6 is 23.2 Å². The minimum Gasteiger partial charge on any atom is -0.371 e. The van der Waals surface area contributed by atoms with Crippen molar-refractivity contribution in [2.24, 2.45) is 0 Å². The molecule has 0 aliphatic rings. The largest absolute Gasteiger partial charge is 0.371 e. The molecule has 0 bridgehead atoms. The highest BCUT2D eigenvalue weighted by atomic mass is 35.5. The number of aromatic nitrogens is 4. The van der Waals surface area contributed by atoms with Crippen molar-refractivity contribution in [2.45, 2.75) is 0 Å². The van der Waals surface area contributed by atoms with Crippen LogP contribution in [0.2, 0.25) is 10.4 Å². The van der Waals surface area contributed by atoms with Gasteiger partial charge in [-0.05, 0) is 11.6 Å². The Hall–Kier alpha value is -1.20. The highest BCUT2D eigenvalue weighted by Gasteiger charge is 2.09. The number of nitrogens with zero attached hydrogens (tertiary/aromatic N) is 4. The topological polar surface area (TPSA) is 63.6 Å². The third-order valence-corrected chi connectivity index (χ3v) is 2.09. The van der Waals surface area contributed by atoms with Gasteiger partial charge in [-0.3, -0.25) is 0 Å². The number of nitrogens with one attached hydrogen (secondary N) is 1. The molecule has 0 fully saturated rings. The zero-order valence-corrected chi connectivity index (χ0v) is 8.63. The normalized spacial score (nSPS) is 10.5. The lowest BCUT2D eigenvalue weighted by atomic mass is 10.4. The molecule has 0 saturated carbocycles. The van der Waals surface area contributed by atoms with Gasteiger partial charge in [0.05, 0.1) is 0 Å². The van der Waals surface area contributed by atoms with Crippen LogP contribution in [-0.2, 0) is 0 Å². The number of rotatable bonds is 1. The van der Waals surface area contributed by atoms with Crippen molar-refractivity contribution in [3.8, 4) is 0 Å². The van der Waals surface area contributed by atoms with Crippen molar-refractivity contribution in [2.75, 3.05) is 12.4 Å². The summed E-state index contributed by atoms with van der Waals surface area (Å²) in [5.74, 6) is 0.532. The van der Waals surface area contributed by atoms with Crippen LogP contribution in [0, 0.1) is 0 Å². The predicted octanol–water partition coefficient (Wildman–Crippen LogP) is 1.77. The summed E-state index contributed by atoms with van der Waals surface area (Å²) in [4.78, 5) is 15.7. The molecule has 2 heterocycles. The van der Waals surface area contributed by atoms with Crippen LogP contribution in [-0.4, -0.2) is 27.0 Å². The molecule has 5 nitrogen and oxygen atoms in total. The molecule has 2 aromatic heterocycles. The second kappa shape index (κ2) is 3.51. The Morgan fingerprint density at radius 3 is 2.64 bits per heavy atom. The third kappa shape index (κ3) is 1.44. The van der Waals surface area contributed by atoms with Crippen LogP contribution in [0.15, 0.2) is 6.33 Å². The first-order valence-electron chi connectivity index (χ1n) is 3.74.